The maximum absolute atomic E-state index is 12.5. The highest BCUT2D eigenvalue weighted by molar-refractivity contribution is 5.99. The van der Waals surface area contributed by atoms with Gasteiger partial charge in [-0.3, -0.25) is 4.79 Å². The standard InChI is InChI=1S/C17H17NO2/c1-2-17(20)15-11-7-6-10-14(15)16(19)18(17)12-13-8-4-3-5-9-13/h3-11,20H,2,12H2,1H3. The maximum Gasteiger partial charge on any atom is 0.257 e. The molecule has 102 valence electrons. The average Bonchev–Trinajstić information content (AvgIpc) is 2.72. The largest absolute Gasteiger partial charge is 0.367 e. The van der Waals surface area contributed by atoms with Crippen molar-refractivity contribution >= 4 is 5.91 Å². The van der Waals surface area contributed by atoms with Crippen LogP contribution in [0.3, 0.4) is 0 Å². The molecule has 1 heterocycles. The number of carbonyl (C=O) groups excluding carboxylic acids is 1. The number of aliphatic hydroxyl groups is 1. The second kappa shape index (κ2) is 4.76. The smallest absolute Gasteiger partial charge is 0.257 e. The third kappa shape index (κ3) is 1.82. The van der Waals surface area contributed by atoms with Gasteiger partial charge in [0, 0.05) is 17.7 Å². The number of carbonyl (C=O) groups is 1. The Bertz CT molecular complexity index is 638. The summed E-state index contributed by atoms with van der Waals surface area (Å²) in [6.45, 7) is 2.31. The summed E-state index contributed by atoms with van der Waals surface area (Å²) in [6.07, 6.45) is 0.475. The van der Waals surface area contributed by atoms with Crippen molar-refractivity contribution in [2.24, 2.45) is 0 Å². The van der Waals surface area contributed by atoms with Crippen molar-refractivity contribution in [2.75, 3.05) is 0 Å². The molecular weight excluding hydrogens is 250 g/mol. The highest BCUT2D eigenvalue weighted by Crippen LogP contribution is 2.40. The fourth-order valence-electron chi connectivity index (χ4n) is 2.83. The molecule has 0 fully saturated rings. The molecule has 0 aromatic heterocycles. The van der Waals surface area contributed by atoms with Crippen LogP contribution in [0.15, 0.2) is 54.6 Å². The third-order valence-electron chi connectivity index (χ3n) is 3.96. The van der Waals surface area contributed by atoms with E-state index in [0.717, 1.165) is 5.56 Å². The molecule has 0 bridgehead atoms. The molecule has 0 spiro atoms. The first kappa shape index (κ1) is 12.9. The lowest BCUT2D eigenvalue weighted by Gasteiger charge is -2.33. The van der Waals surface area contributed by atoms with E-state index < -0.39 is 5.72 Å². The number of hydrogen-bond acceptors (Lipinski definition) is 2. The van der Waals surface area contributed by atoms with Gasteiger partial charge in [0.2, 0.25) is 0 Å². The molecule has 2 aromatic rings. The fraction of sp³-hybridized carbons (Fsp3) is 0.235. The van der Waals surface area contributed by atoms with E-state index >= 15 is 0 Å². The van der Waals surface area contributed by atoms with Gasteiger partial charge in [-0.2, -0.15) is 0 Å². The maximum atomic E-state index is 12.5. The van der Waals surface area contributed by atoms with Crippen LogP contribution in [-0.4, -0.2) is 15.9 Å². The Balaban J connectivity index is 2.02. The highest BCUT2D eigenvalue weighted by atomic mass is 16.3. The number of hydrogen-bond donors (Lipinski definition) is 1. The van der Waals surface area contributed by atoms with Gasteiger partial charge in [-0.15, -0.1) is 0 Å². The van der Waals surface area contributed by atoms with Crippen LogP contribution in [0.1, 0.15) is 34.8 Å². The molecule has 1 unspecified atom stereocenters. The van der Waals surface area contributed by atoms with E-state index in [2.05, 4.69) is 0 Å². The SMILES string of the molecule is CCC1(O)c2ccccc2C(=O)N1Cc1ccccc1. The minimum atomic E-state index is -1.20. The van der Waals surface area contributed by atoms with E-state index in [9.17, 15) is 9.90 Å². The second-order valence-corrected chi connectivity index (χ2v) is 5.09. The quantitative estimate of drug-likeness (QED) is 0.929. The van der Waals surface area contributed by atoms with Crippen molar-refractivity contribution in [3.63, 3.8) is 0 Å². The monoisotopic (exact) mass is 267 g/mol. The Hall–Kier alpha value is -2.13. The minimum Gasteiger partial charge on any atom is -0.367 e. The third-order valence-corrected chi connectivity index (χ3v) is 3.96. The summed E-state index contributed by atoms with van der Waals surface area (Å²) in [5.74, 6) is -0.103. The lowest BCUT2D eigenvalue weighted by atomic mass is 9.99. The average molecular weight is 267 g/mol. The molecule has 0 aliphatic carbocycles. The zero-order valence-corrected chi connectivity index (χ0v) is 11.4. The summed E-state index contributed by atoms with van der Waals surface area (Å²) < 4.78 is 0. The Morgan fingerprint density at radius 1 is 1.05 bits per heavy atom. The van der Waals surface area contributed by atoms with Crippen LogP contribution < -0.4 is 0 Å². The Kier molecular flexibility index (Phi) is 3.07. The highest BCUT2D eigenvalue weighted by Gasteiger charge is 2.46. The van der Waals surface area contributed by atoms with E-state index in [4.69, 9.17) is 0 Å². The molecule has 3 heteroatoms. The van der Waals surface area contributed by atoms with Crippen LogP contribution in [-0.2, 0) is 12.3 Å². The first-order chi connectivity index (χ1) is 9.66. The van der Waals surface area contributed by atoms with Gasteiger partial charge in [0.05, 0.1) is 0 Å². The molecule has 0 saturated heterocycles. The predicted molar refractivity (Wildman–Crippen MR) is 76.9 cm³/mol. The lowest BCUT2D eigenvalue weighted by Crippen LogP contribution is -2.42. The molecule has 0 radical (unpaired) electrons. The molecule has 1 aliphatic rings. The van der Waals surface area contributed by atoms with Gasteiger partial charge in [-0.25, -0.2) is 0 Å². The van der Waals surface area contributed by atoms with E-state index in [0.29, 0.717) is 24.1 Å². The number of benzene rings is 2. The number of fused-ring (bicyclic) bond motifs is 1. The summed E-state index contributed by atoms with van der Waals surface area (Å²) in [6, 6.07) is 17.1. The minimum absolute atomic E-state index is 0.103. The van der Waals surface area contributed by atoms with Crippen molar-refractivity contribution in [3.05, 3.63) is 71.3 Å². The number of nitrogens with zero attached hydrogens (tertiary/aromatic N) is 1. The predicted octanol–water partition coefficient (Wildman–Crippen LogP) is 2.90. The van der Waals surface area contributed by atoms with Gasteiger partial charge < -0.3 is 10.0 Å². The zero-order valence-electron chi connectivity index (χ0n) is 11.4. The van der Waals surface area contributed by atoms with Gasteiger partial charge >= 0.3 is 0 Å². The molecule has 1 amide bonds. The Morgan fingerprint density at radius 3 is 2.40 bits per heavy atom. The first-order valence-corrected chi connectivity index (χ1v) is 6.84. The molecule has 20 heavy (non-hydrogen) atoms. The summed E-state index contributed by atoms with van der Waals surface area (Å²) in [7, 11) is 0. The Labute approximate surface area is 118 Å². The van der Waals surface area contributed by atoms with Crippen LogP contribution >= 0.6 is 0 Å². The number of rotatable bonds is 3. The molecule has 2 aromatic carbocycles. The number of amides is 1. The van der Waals surface area contributed by atoms with E-state index in [1.54, 1.807) is 11.0 Å². The normalized spacial score (nSPS) is 21.1. The molecular formula is C17H17NO2. The summed E-state index contributed by atoms with van der Waals surface area (Å²) >= 11 is 0. The van der Waals surface area contributed by atoms with E-state index in [1.165, 1.54) is 0 Å². The molecule has 1 N–H and O–H groups in total. The first-order valence-electron chi connectivity index (χ1n) is 6.84. The van der Waals surface area contributed by atoms with Crippen molar-refractivity contribution in [1.82, 2.24) is 4.90 Å². The van der Waals surface area contributed by atoms with Crippen LogP contribution in [0.2, 0.25) is 0 Å². The van der Waals surface area contributed by atoms with E-state index in [-0.39, 0.29) is 5.91 Å². The molecule has 1 aliphatic heterocycles. The van der Waals surface area contributed by atoms with Gasteiger partial charge in [-0.1, -0.05) is 55.5 Å². The topological polar surface area (TPSA) is 40.5 Å². The fourth-order valence-corrected chi connectivity index (χ4v) is 2.83. The van der Waals surface area contributed by atoms with E-state index in [1.807, 2.05) is 55.5 Å². The van der Waals surface area contributed by atoms with Crippen molar-refractivity contribution in [2.45, 2.75) is 25.6 Å². The molecule has 3 nitrogen and oxygen atoms in total. The van der Waals surface area contributed by atoms with Crippen LogP contribution in [0, 0.1) is 0 Å². The lowest BCUT2D eigenvalue weighted by molar-refractivity contribution is -0.0910. The van der Waals surface area contributed by atoms with Gasteiger partial charge in [0.25, 0.3) is 5.91 Å². The van der Waals surface area contributed by atoms with Crippen molar-refractivity contribution in [3.8, 4) is 0 Å². The van der Waals surface area contributed by atoms with Gasteiger partial charge in [0.15, 0.2) is 5.72 Å². The Morgan fingerprint density at radius 2 is 1.70 bits per heavy atom. The summed E-state index contributed by atoms with van der Waals surface area (Å²) in [5, 5.41) is 10.9. The van der Waals surface area contributed by atoms with Gasteiger partial charge in [0.1, 0.15) is 0 Å². The van der Waals surface area contributed by atoms with Gasteiger partial charge in [-0.05, 0) is 18.1 Å². The second-order valence-electron chi connectivity index (χ2n) is 5.09. The van der Waals surface area contributed by atoms with Crippen LogP contribution in [0.25, 0.3) is 0 Å². The van der Waals surface area contributed by atoms with Crippen LogP contribution in [0.5, 0.6) is 0 Å². The zero-order chi connectivity index (χ0) is 14.2. The van der Waals surface area contributed by atoms with Crippen LogP contribution in [0.4, 0.5) is 0 Å². The van der Waals surface area contributed by atoms with Crippen molar-refractivity contribution < 1.29 is 9.90 Å². The molecule has 1 atom stereocenters. The summed E-state index contributed by atoms with van der Waals surface area (Å²) in [4.78, 5) is 14.1. The molecule has 0 saturated carbocycles. The molecule has 3 rings (SSSR count). The van der Waals surface area contributed by atoms with Crippen molar-refractivity contribution in [1.29, 1.82) is 0 Å². The summed E-state index contributed by atoms with van der Waals surface area (Å²) in [5.41, 5.74) is 1.13.